The molecule has 0 fully saturated rings. The van der Waals surface area contributed by atoms with Crippen LogP contribution in [0, 0.1) is 6.92 Å². The Labute approximate surface area is 141 Å². The van der Waals surface area contributed by atoms with Gasteiger partial charge in [-0.25, -0.2) is 4.79 Å². The average molecular weight is 323 g/mol. The molecule has 0 heterocycles. The summed E-state index contributed by atoms with van der Waals surface area (Å²) in [5.74, 6) is -0.564. The molecule has 0 bridgehead atoms. The fraction of sp³-hybridized carbons (Fsp3) is 0.300. The SMILES string of the molecule is COC(=O)c1cccc(NC(=O)c2ccc3c(c2)CCCC3)c1C. The van der Waals surface area contributed by atoms with Gasteiger partial charge < -0.3 is 10.1 Å². The van der Waals surface area contributed by atoms with Gasteiger partial charge in [-0.2, -0.15) is 0 Å². The van der Waals surface area contributed by atoms with Crippen LogP contribution in [-0.4, -0.2) is 19.0 Å². The monoisotopic (exact) mass is 323 g/mol. The van der Waals surface area contributed by atoms with Gasteiger partial charge in [-0.3, -0.25) is 4.79 Å². The molecule has 1 aliphatic carbocycles. The molecule has 0 atom stereocenters. The van der Waals surface area contributed by atoms with E-state index >= 15 is 0 Å². The number of amides is 1. The molecule has 4 heteroatoms. The van der Waals surface area contributed by atoms with Crippen LogP contribution < -0.4 is 5.32 Å². The summed E-state index contributed by atoms with van der Waals surface area (Å²) in [5.41, 5.74) is 5.06. The van der Waals surface area contributed by atoms with Crippen molar-refractivity contribution >= 4 is 17.6 Å². The van der Waals surface area contributed by atoms with Crippen LogP contribution in [0.5, 0.6) is 0 Å². The molecule has 124 valence electrons. The number of esters is 1. The number of ether oxygens (including phenoxy) is 1. The minimum Gasteiger partial charge on any atom is -0.465 e. The largest absolute Gasteiger partial charge is 0.465 e. The molecule has 1 amide bonds. The predicted molar refractivity (Wildman–Crippen MR) is 93.6 cm³/mol. The maximum absolute atomic E-state index is 12.6. The van der Waals surface area contributed by atoms with Crippen LogP contribution in [-0.2, 0) is 17.6 Å². The molecule has 0 spiro atoms. The Hall–Kier alpha value is -2.62. The second-order valence-corrected chi connectivity index (χ2v) is 6.11. The van der Waals surface area contributed by atoms with Gasteiger partial charge in [0, 0.05) is 11.3 Å². The van der Waals surface area contributed by atoms with Gasteiger partial charge in [0.05, 0.1) is 12.7 Å². The minimum absolute atomic E-state index is 0.159. The Balaban J connectivity index is 1.84. The van der Waals surface area contributed by atoms with E-state index in [2.05, 4.69) is 11.4 Å². The molecular formula is C20H21NO3. The lowest BCUT2D eigenvalue weighted by Gasteiger charge is -2.17. The summed E-state index contributed by atoms with van der Waals surface area (Å²) in [4.78, 5) is 24.3. The molecule has 0 radical (unpaired) electrons. The third-order valence-corrected chi connectivity index (χ3v) is 4.60. The van der Waals surface area contributed by atoms with Crippen LogP contribution in [0.4, 0.5) is 5.69 Å². The summed E-state index contributed by atoms with van der Waals surface area (Å²) < 4.78 is 4.77. The van der Waals surface area contributed by atoms with Gasteiger partial charge in [0.15, 0.2) is 0 Å². The van der Waals surface area contributed by atoms with Gasteiger partial charge in [0.1, 0.15) is 0 Å². The number of anilines is 1. The number of carbonyl (C=O) groups is 2. The van der Waals surface area contributed by atoms with E-state index < -0.39 is 5.97 Å². The zero-order valence-corrected chi connectivity index (χ0v) is 14.0. The first-order chi connectivity index (χ1) is 11.6. The fourth-order valence-corrected chi connectivity index (χ4v) is 3.17. The van der Waals surface area contributed by atoms with Crippen molar-refractivity contribution in [2.45, 2.75) is 32.6 Å². The van der Waals surface area contributed by atoms with Gasteiger partial charge in [0.2, 0.25) is 0 Å². The van der Waals surface area contributed by atoms with Gasteiger partial charge in [-0.1, -0.05) is 12.1 Å². The summed E-state index contributed by atoms with van der Waals surface area (Å²) in [6.45, 7) is 1.80. The first-order valence-corrected chi connectivity index (χ1v) is 8.21. The van der Waals surface area contributed by atoms with E-state index in [1.807, 2.05) is 12.1 Å². The second-order valence-electron chi connectivity index (χ2n) is 6.11. The lowest BCUT2D eigenvalue weighted by Crippen LogP contribution is -2.15. The van der Waals surface area contributed by atoms with Crippen LogP contribution in [0.25, 0.3) is 0 Å². The van der Waals surface area contributed by atoms with Crippen LogP contribution in [0.15, 0.2) is 36.4 Å². The predicted octanol–water partition coefficient (Wildman–Crippen LogP) is 3.91. The number of nitrogens with one attached hydrogen (secondary N) is 1. The summed E-state index contributed by atoms with van der Waals surface area (Å²) in [6, 6.07) is 11.1. The Morgan fingerprint density at radius 3 is 2.54 bits per heavy atom. The van der Waals surface area contributed by atoms with Gasteiger partial charge in [-0.15, -0.1) is 0 Å². The number of hydrogen-bond acceptors (Lipinski definition) is 3. The van der Waals surface area contributed by atoms with Crippen molar-refractivity contribution in [3.05, 3.63) is 64.2 Å². The molecule has 2 aromatic rings. The molecule has 1 N–H and O–H groups in total. The van der Waals surface area contributed by atoms with E-state index in [1.165, 1.54) is 31.1 Å². The Morgan fingerprint density at radius 1 is 1.04 bits per heavy atom. The van der Waals surface area contributed by atoms with E-state index in [1.54, 1.807) is 25.1 Å². The Morgan fingerprint density at radius 2 is 1.79 bits per heavy atom. The van der Waals surface area contributed by atoms with Crippen LogP contribution >= 0.6 is 0 Å². The zero-order valence-electron chi connectivity index (χ0n) is 14.0. The maximum atomic E-state index is 12.6. The van der Waals surface area contributed by atoms with E-state index in [9.17, 15) is 9.59 Å². The quantitative estimate of drug-likeness (QED) is 0.871. The highest BCUT2D eigenvalue weighted by Gasteiger charge is 2.16. The molecule has 2 aromatic carbocycles. The van der Waals surface area contributed by atoms with Crippen molar-refractivity contribution in [2.75, 3.05) is 12.4 Å². The highest BCUT2D eigenvalue weighted by molar-refractivity contribution is 6.05. The van der Waals surface area contributed by atoms with Crippen LogP contribution in [0.3, 0.4) is 0 Å². The summed E-state index contributed by atoms with van der Waals surface area (Å²) >= 11 is 0. The van der Waals surface area contributed by atoms with Gasteiger partial charge in [-0.05, 0) is 73.6 Å². The first kappa shape index (κ1) is 16.2. The van der Waals surface area contributed by atoms with Crippen LogP contribution in [0.2, 0.25) is 0 Å². The summed E-state index contributed by atoms with van der Waals surface area (Å²) in [5, 5.41) is 2.91. The van der Waals surface area contributed by atoms with Crippen molar-refractivity contribution in [1.82, 2.24) is 0 Å². The van der Waals surface area contributed by atoms with E-state index in [0.29, 0.717) is 22.4 Å². The third kappa shape index (κ3) is 3.18. The Kier molecular flexibility index (Phi) is 4.65. The number of methoxy groups -OCH3 is 1. The maximum Gasteiger partial charge on any atom is 0.338 e. The topological polar surface area (TPSA) is 55.4 Å². The van der Waals surface area contributed by atoms with Crippen molar-refractivity contribution in [2.24, 2.45) is 0 Å². The van der Waals surface area contributed by atoms with Crippen molar-refractivity contribution in [1.29, 1.82) is 0 Å². The Bertz CT molecular complexity index is 795. The standard InChI is InChI=1S/C20H21NO3/c1-13-17(20(23)24-2)8-5-9-18(13)21-19(22)16-11-10-14-6-3-4-7-15(14)12-16/h5,8-12H,3-4,6-7H2,1-2H3,(H,21,22). The number of fused-ring (bicyclic) bond motifs is 1. The number of carbonyl (C=O) groups excluding carboxylic acids is 2. The molecule has 0 saturated heterocycles. The molecule has 0 aromatic heterocycles. The van der Waals surface area contributed by atoms with Gasteiger partial charge in [0.25, 0.3) is 5.91 Å². The number of rotatable bonds is 3. The van der Waals surface area contributed by atoms with E-state index in [-0.39, 0.29) is 5.91 Å². The zero-order chi connectivity index (χ0) is 17.1. The molecule has 0 saturated carbocycles. The van der Waals surface area contributed by atoms with Crippen LogP contribution in [0.1, 0.15) is 50.2 Å². The lowest BCUT2D eigenvalue weighted by molar-refractivity contribution is 0.0599. The number of aryl methyl sites for hydroxylation is 2. The molecule has 3 rings (SSSR count). The highest BCUT2D eigenvalue weighted by atomic mass is 16.5. The average Bonchev–Trinajstić information content (AvgIpc) is 2.62. The lowest BCUT2D eigenvalue weighted by atomic mass is 9.90. The molecule has 24 heavy (non-hydrogen) atoms. The van der Waals surface area contributed by atoms with E-state index in [4.69, 9.17) is 4.74 Å². The normalized spacial score (nSPS) is 13.1. The molecular weight excluding hydrogens is 302 g/mol. The number of hydrogen-bond donors (Lipinski definition) is 1. The van der Waals surface area contributed by atoms with Crippen molar-refractivity contribution in [3.8, 4) is 0 Å². The van der Waals surface area contributed by atoms with E-state index in [0.717, 1.165) is 12.8 Å². The highest BCUT2D eigenvalue weighted by Crippen LogP contribution is 2.24. The second kappa shape index (κ2) is 6.87. The van der Waals surface area contributed by atoms with Crippen molar-refractivity contribution < 1.29 is 14.3 Å². The fourth-order valence-electron chi connectivity index (χ4n) is 3.17. The summed E-state index contributed by atoms with van der Waals surface area (Å²) in [6.07, 6.45) is 4.53. The number of benzene rings is 2. The first-order valence-electron chi connectivity index (χ1n) is 8.21. The molecule has 0 aliphatic heterocycles. The molecule has 1 aliphatic rings. The molecule has 0 unspecified atom stereocenters. The minimum atomic E-state index is -0.405. The smallest absolute Gasteiger partial charge is 0.338 e. The summed E-state index contributed by atoms with van der Waals surface area (Å²) in [7, 11) is 1.35. The molecule has 4 nitrogen and oxygen atoms in total. The third-order valence-electron chi connectivity index (χ3n) is 4.60. The van der Waals surface area contributed by atoms with Crippen molar-refractivity contribution in [3.63, 3.8) is 0 Å². The van der Waals surface area contributed by atoms with Gasteiger partial charge >= 0.3 is 5.97 Å².